The molecule has 1 aliphatic heterocycles. The van der Waals surface area contributed by atoms with Gasteiger partial charge < -0.3 is 10.0 Å². The predicted octanol–water partition coefficient (Wildman–Crippen LogP) is 2.38. The molecule has 1 aromatic heterocycles. The van der Waals surface area contributed by atoms with Crippen molar-refractivity contribution >= 4 is 5.91 Å². The molecule has 0 spiro atoms. The maximum atomic E-state index is 13.4. The van der Waals surface area contributed by atoms with Crippen LogP contribution < -0.4 is 0 Å². The summed E-state index contributed by atoms with van der Waals surface area (Å²) in [6, 6.07) is 7.54. The molecule has 1 aromatic carbocycles. The Balaban J connectivity index is 1.84. The third-order valence-electron chi connectivity index (χ3n) is 4.57. The van der Waals surface area contributed by atoms with E-state index in [1.165, 1.54) is 36.9 Å². The maximum absolute atomic E-state index is 13.4. The van der Waals surface area contributed by atoms with Crippen LogP contribution in [0.1, 0.15) is 45.9 Å². The van der Waals surface area contributed by atoms with E-state index in [2.05, 4.69) is 4.98 Å². The van der Waals surface area contributed by atoms with Crippen molar-refractivity contribution < 1.29 is 14.3 Å². The van der Waals surface area contributed by atoms with Crippen molar-refractivity contribution in [3.63, 3.8) is 0 Å². The summed E-state index contributed by atoms with van der Waals surface area (Å²) in [4.78, 5) is 17.9. The average molecular weight is 298 g/mol. The Kier molecular flexibility index (Phi) is 2.66. The zero-order valence-electron chi connectivity index (χ0n) is 12.1. The van der Waals surface area contributed by atoms with E-state index in [0.717, 1.165) is 11.6 Å². The number of hydrogen-bond donors (Lipinski definition) is 1. The molecule has 2 heterocycles. The van der Waals surface area contributed by atoms with Crippen LogP contribution in [-0.2, 0) is 5.72 Å². The van der Waals surface area contributed by atoms with E-state index in [9.17, 15) is 14.3 Å². The van der Waals surface area contributed by atoms with Gasteiger partial charge in [0.2, 0.25) is 5.72 Å². The smallest absolute Gasteiger partial charge is 0.256 e. The molecule has 1 fully saturated rings. The van der Waals surface area contributed by atoms with Crippen molar-refractivity contribution in [2.45, 2.75) is 24.5 Å². The fraction of sp³-hybridized carbons (Fsp3) is 0.294. The van der Waals surface area contributed by atoms with Crippen LogP contribution in [0.2, 0.25) is 0 Å². The summed E-state index contributed by atoms with van der Waals surface area (Å²) >= 11 is 0. The summed E-state index contributed by atoms with van der Waals surface area (Å²) < 4.78 is 13.4. The lowest BCUT2D eigenvalue weighted by atomic mass is 9.97. The van der Waals surface area contributed by atoms with Crippen LogP contribution in [0.4, 0.5) is 4.39 Å². The summed E-state index contributed by atoms with van der Waals surface area (Å²) in [5, 5.41) is 11.1. The Bertz CT molecular complexity index is 771. The highest BCUT2D eigenvalue weighted by atomic mass is 19.1. The molecule has 4 rings (SSSR count). The largest absolute Gasteiger partial charge is 0.362 e. The van der Waals surface area contributed by atoms with Gasteiger partial charge in [0.1, 0.15) is 5.82 Å². The van der Waals surface area contributed by atoms with Crippen LogP contribution in [0, 0.1) is 5.82 Å². The van der Waals surface area contributed by atoms with Gasteiger partial charge in [-0.1, -0.05) is 12.1 Å². The number of halogens is 1. The van der Waals surface area contributed by atoms with Gasteiger partial charge in [-0.15, -0.1) is 0 Å². The van der Waals surface area contributed by atoms with Crippen molar-refractivity contribution in [1.29, 1.82) is 0 Å². The van der Waals surface area contributed by atoms with E-state index in [4.69, 9.17) is 0 Å². The quantitative estimate of drug-likeness (QED) is 0.926. The van der Waals surface area contributed by atoms with E-state index in [1.54, 1.807) is 12.3 Å². The van der Waals surface area contributed by atoms with Crippen molar-refractivity contribution in [2.75, 3.05) is 7.05 Å². The number of aliphatic hydroxyl groups is 1. The van der Waals surface area contributed by atoms with E-state index in [0.29, 0.717) is 17.2 Å². The first-order valence-electron chi connectivity index (χ1n) is 7.29. The maximum Gasteiger partial charge on any atom is 0.256 e. The van der Waals surface area contributed by atoms with E-state index in [-0.39, 0.29) is 5.56 Å². The number of carbonyl (C=O) groups is 1. The Morgan fingerprint density at radius 1 is 1.32 bits per heavy atom. The highest BCUT2D eigenvalue weighted by molar-refractivity contribution is 6.00. The zero-order chi connectivity index (χ0) is 15.5. The van der Waals surface area contributed by atoms with Crippen LogP contribution in [0.25, 0.3) is 0 Å². The van der Waals surface area contributed by atoms with Crippen molar-refractivity contribution in [3.8, 4) is 0 Å². The molecular weight excluding hydrogens is 283 g/mol. The molecule has 1 aliphatic carbocycles. The highest BCUT2D eigenvalue weighted by Crippen LogP contribution is 2.43. The van der Waals surface area contributed by atoms with Crippen LogP contribution in [-0.4, -0.2) is 27.9 Å². The summed E-state index contributed by atoms with van der Waals surface area (Å²) in [6.07, 6.45) is 4.10. The first-order chi connectivity index (χ1) is 10.5. The van der Waals surface area contributed by atoms with Gasteiger partial charge in [0.25, 0.3) is 5.91 Å². The summed E-state index contributed by atoms with van der Waals surface area (Å²) in [6.45, 7) is 0. The molecule has 2 aliphatic rings. The van der Waals surface area contributed by atoms with Gasteiger partial charge in [0.15, 0.2) is 0 Å². The van der Waals surface area contributed by atoms with Gasteiger partial charge >= 0.3 is 0 Å². The summed E-state index contributed by atoms with van der Waals surface area (Å²) in [7, 11) is 1.50. The predicted molar refractivity (Wildman–Crippen MR) is 77.7 cm³/mol. The average Bonchev–Trinajstić information content (AvgIpc) is 3.35. The molecule has 5 heteroatoms. The molecule has 2 aromatic rings. The molecule has 0 radical (unpaired) electrons. The Morgan fingerprint density at radius 3 is 2.73 bits per heavy atom. The molecule has 112 valence electrons. The Morgan fingerprint density at radius 2 is 2.09 bits per heavy atom. The fourth-order valence-electron chi connectivity index (χ4n) is 3.09. The summed E-state index contributed by atoms with van der Waals surface area (Å²) in [5.41, 5.74) is 0.422. The van der Waals surface area contributed by atoms with E-state index >= 15 is 0 Å². The van der Waals surface area contributed by atoms with E-state index < -0.39 is 17.4 Å². The van der Waals surface area contributed by atoms with Gasteiger partial charge in [-0.2, -0.15) is 0 Å². The molecule has 1 atom stereocenters. The minimum Gasteiger partial charge on any atom is -0.362 e. The molecule has 1 amide bonds. The Labute approximate surface area is 127 Å². The van der Waals surface area contributed by atoms with E-state index in [1.807, 2.05) is 6.07 Å². The van der Waals surface area contributed by atoms with Gasteiger partial charge in [-0.3, -0.25) is 9.78 Å². The first kappa shape index (κ1) is 13.4. The SMILES string of the molecule is CN1C(=O)c2cc(F)ccc2C1(O)c1ccc(C2CC2)cn1. The number of rotatable bonds is 2. The van der Waals surface area contributed by atoms with Crippen LogP contribution in [0.15, 0.2) is 36.5 Å². The number of amides is 1. The molecule has 1 unspecified atom stereocenters. The Hall–Kier alpha value is -2.27. The first-order valence-corrected chi connectivity index (χ1v) is 7.29. The molecule has 22 heavy (non-hydrogen) atoms. The summed E-state index contributed by atoms with van der Waals surface area (Å²) in [5.74, 6) is -0.340. The molecule has 0 saturated heterocycles. The number of benzene rings is 1. The van der Waals surface area contributed by atoms with Gasteiger partial charge in [0, 0.05) is 18.8 Å². The second-order valence-electron chi connectivity index (χ2n) is 5.98. The minimum absolute atomic E-state index is 0.179. The zero-order valence-corrected chi connectivity index (χ0v) is 12.1. The number of nitrogens with zero attached hydrogens (tertiary/aromatic N) is 2. The van der Waals surface area contributed by atoms with Crippen molar-refractivity contribution in [2.24, 2.45) is 0 Å². The van der Waals surface area contributed by atoms with Crippen LogP contribution >= 0.6 is 0 Å². The van der Waals surface area contributed by atoms with Crippen molar-refractivity contribution in [1.82, 2.24) is 9.88 Å². The third kappa shape index (κ3) is 1.72. The van der Waals surface area contributed by atoms with Gasteiger partial charge in [-0.05, 0) is 42.5 Å². The lowest BCUT2D eigenvalue weighted by Gasteiger charge is -2.30. The molecule has 1 N–H and O–H groups in total. The number of pyridine rings is 1. The highest BCUT2D eigenvalue weighted by Gasteiger charge is 2.49. The monoisotopic (exact) mass is 298 g/mol. The number of fused-ring (bicyclic) bond motifs is 1. The number of hydrogen-bond acceptors (Lipinski definition) is 3. The molecular formula is C17H15FN2O2. The molecule has 1 saturated carbocycles. The normalized spacial score (nSPS) is 23.8. The number of carbonyl (C=O) groups excluding carboxylic acids is 1. The molecule has 0 bridgehead atoms. The topological polar surface area (TPSA) is 53.4 Å². The lowest BCUT2D eigenvalue weighted by Crippen LogP contribution is -2.42. The van der Waals surface area contributed by atoms with Crippen molar-refractivity contribution in [3.05, 3.63) is 64.7 Å². The minimum atomic E-state index is -1.65. The third-order valence-corrected chi connectivity index (χ3v) is 4.57. The molecule has 4 nitrogen and oxygen atoms in total. The standard InChI is InChI=1S/C17H15FN2O2/c1-20-16(21)13-8-12(18)5-6-14(13)17(20,22)15-7-4-11(9-19-15)10-2-3-10/h4-10,22H,2-3H2,1H3. The second-order valence-corrected chi connectivity index (χ2v) is 5.98. The van der Waals surface area contributed by atoms with Gasteiger partial charge in [-0.25, -0.2) is 4.39 Å². The fourth-order valence-corrected chi connectivity index (χ4v) is 3.09. The van der Waals surface area contributed by atoms with Crippen LogP contribution in [0.3, 0.4) is 0 Å². The lowest BCUT2D eigenvalue weighted by molar-refractivity contribution is -0.0401. The van der Waals surface area contributed by atoms with Crippen LogP contribution in [0.5, 0.6) is 0 Å². The van der Waals surface area contributed by atoms with Gasteiger partial charge in [0.05, 0.1) is 11.3 Å². The number of aromatic nitrogens is 1. The second kappa shape index (κ2) is 4.36.